The minimum atomic E-state index is -0.842. The predicted molar refractivity (Wildman–Crippen MR) is 104 cm³/mol. The predicted octanol–water partition coefficient (Wildman–Crippen LogP) is 3.91. The lowest BCUT2D eigenvalue weighted by molar-refractivity contribution is 0.387. The molecule has 3 N–H and O–H groups in total. The minimum absolute atomic E-state index is 0.0336. The molecule has 0 saturated heterocycles. The van der Waals surface area contributed by atoms with Crippen molar-refractivity contribution in [2.45, 2.75) is 4.90 Å². The fraction of sp³-hybridized carbons (Fsp3) is 0.0556. The molecule has 0 aliphatic carbocycles. The van der Waals surface area contributed by atoms with Crippen molar-refractivity contribution in [1.29, 1.82) is 0 Å². The van der Waals surface area contributed by atoms with Gasteiger partial charge in [0, 0.05) is 18.6 Å². The zero-order chi connectivity index (χ0) is 20.1. The van der Waals surface area contributed by atoms with Crippen LogP contribution in [0.2, 0.25) is 5.02 Å². The number of nitrogen functional groups attached to an aromatic ring is 1. The molecule has 28 heavy (non-hydrogen) atoms. The van der Waals surface area contributed by atoms with Gasteiger partial charge in [0.2, 0.25) is 11.8 Å². The summed E-state index contributed by atoms with van der Waals surface area (Å²) in [6.07, 6.45) is 4.15. The summed E-state index contributed by atoms with van der Waals surface area (Å²) in [5, 5.41) is 0.391. The van der Waals surface area contributed by atoms with Gasteiger partial charge in [0.25, 0.3) is 0 Å². The van der Waals surface area contributed by atoms with E-state index in [9.17, 15) is 8.78 Å². The Hall–Kier alpha value is -3.09. The van der Waals surface area contributed by atoms with E-state index in [1.54, 1.807) is 6.07 Å². The fourth-order valence-corrected chi connectivity index (χ4v) is 3.04. The Balaban J connectivity index is 1.85. The normalized spacial score (nSPS) is 10.1. The molecule has 0 amide bonds. The van der Waals surface area contributed by atoms with Crippen molar-refractivity contribution in [2.24, 2.45) is 0 Å². The van der Waals surface area contributed by atoms with Gasteiger partial charge in [-0.3, -0.25) is 0 Å². The third-order valence-electron chi connectivity index (χ3n) is 3.34. The van der Waals surface area contributed by atoms with E-state index in [0.29, 0.717) is 21.4 Å². The van der Waals surface area contributed by atoms with Gasteiger partial charge in [-0.25, -0.2) is 23.7 Å². The van der Waals surface area contributed by atoms with Crippen LogP contribution in [-0.2, 0) is 0 Å². The average molecular weight is 420 g/mol. The molecule has 0 saturated carbocycles. The number of nitrogens with one attached hydrogen (secondary N) is 1. The van der Waals surface area contributed by atoms with Crippen LogP contribution in [0.1, 0.15) is 11.1 Å². The highest BCUT2D eigenvalue weighted by Crippen LogP contribution is 2.32. The number of halogens is 3. The third kappa shape index (κ3) is 4.60. The standard InChI is InChI=1S/C18H12ClF2N5OS/c1-27-17-15(6-11(19)9-23-17)28-26-14-5-4-13(20)12(16(14)21)3-2-10-7-24-18(22)25-8-10/h4-9,26H,1H3,(H2,22,24,25). The van der Waals surface area contributed by atoms with E-state index in [2.05, 4.69) is 31.5 Å². The molecule has 0 fully saturated rings. The number of benzene rings is 1. The SMILES string of the molecule is COc1ncc(Cl)cc1SNc1ccc(F)c(C#Cc2cnc(N)nc2)c1F. The lowest BCUT2D eigenvalue weighted by atomic mass is 10.1. The molecule has 0 bridgehead atoms. The van der Waals surface area contributed by atoms with E-state index in [1.165, 1.54) is 31.8 Å². The first kappa shape index (κ1) is 19.7. The van der Waals surface area contributed by atoms with Gasteiger partial charge in [-0.15, -0.1) is 0 Å². The summed E-state index contributed by atoms with van der Waals surface area (Å²) in [5.41, 5.74) is 5.40. The molecule has 6 nitrogen and oxygen atoms in total. The zero-order valence-electron chi connectivity index (χ0n) is 14.3. The van der Waals surface area contributed by atoms with Crippen molar-refractivity contribution in [3.8, 4) is 17.7 Å². The first-order valence-corrected chi connectivity index (χ1v) is 8.87. The molecule has 0 aliphatic heterocycles. The highest BCUT2D eigenvalue weighted by molar-refractivity contribution is 8.00. The van der Waals surface area contributed by atoms with E-state index < -0.39 is 17.2 Å². The summed E-state index contributed by atoms with van der Waals surface area (Å²) >= 11 is 6.94. The molecular weight excluding hydrogens is 408 g/mol. The molecule has 10 heteroatoms. The number of hydrogen-bond donors (Lipinski definition) is 2. The Morgan fingerprint density at radius 3 is 2.61 bits per heavy atom. The zero-order valence-corrected chi connectivity index (χ0v) is 15.9. The molecule has 3 aromatic rings. The number of aromatic nitrogens is 3. The Bertz CT molecular complexity index is 1070. The largest absolute Gasteiger partial charge is 0.480 e. The van der Waals surface area contributed by atoms with E-state index >= 15 is 0 Å². The summed E-state index contributed by atoms with van der Waals surface area (Å²) in [4.78, 5) is 12.1. The van der Waals surface area contributed by atoms with Gasteiger partial charge >= 0.3 is 0 Å². The molecule has 1 aromatic carbocycles. The van der Waals surface area contributed by atoms with E-state index in [-0.39, 0.29) is 11.6 Å². The van der Waals surface area contributed by atoms with Crippen LogP contribution in [0.25, 0.3) is 0 Å². The number of hydrogen-bond acceptors (Lipinski definition) is 7. The first-order valence-electron chi connectivity index (χ1n) is 7.68. The Labute approximate surface area is 168 Å². The van der Waals surface area contributed by atoms with Crippen LogP contribution in [0.5, 0.6) is 5.88 Å². The van der Waals surface area contributed by atoms with Crippen molar-refractivity contribution in [3.05, 3.63) is 64.6 Å². The second-order valence-electron chi connectivity index (χ2n) is 5.23. The van der Waals surface area contributed by atoms with Gasteiger partial charge in [0.15, 0.2) is 5.82 Å². The summed E-state index contributed by atoms with van der Waals surface area (Å²) in [7, 11) is 1.45. The number of nitrogens with two attached hydrogens (primary N) is 1. The smallest absolute Gasteiger partial charge is 0.228 e. The molecule has 0 atom stereocenters. The number of pyridine rings is 1. The molecule has 142 valence electrons. The second-order valence-corrected chi connectivity index (χ2v) is 6.51. The number of ether oxygens (including phenoxy) is 1. The van der Waals surface area contributed by atoms with E-state index in [1.807, 2.05) is 0 Å². The number of methoxy groups -OCH3 is 1. The molecule has 2 aromatic heterocycles. The van der Waals surface area contributed by atoms with Crippen molar-refractivity contribution < 1.29 is 13.5 Å². The topological polar surface area (TPSA) is 86.0 Å². The second kappa shape index (κ2) is 8.73. The Morgan fingerprint density at radius 1 is 1.14 bits per heavy atom. The molecule has 0 aliphatic rings. The van der Waals surface area contributed by atoms with Crippen LogP contribution >= 0.6 is 23.5 Å². The molecule has 0 unspecified atom stereocenters. The highest BCUT2D eigenvalue weighted by atomic mass is 35.5. The third-order valence-corrected chi connectivity index (χ3v) is 4.39. The molecule has 0 spiro atoms. The van der Waals surface area contributed by atoms with Crippen molar-refractivity contribution >= 4 is 35.2 Å². The number of nitrogens with zero attached hydrogens (tertiary/aromatic N) is 3. The van der Waals surface area contributed by atoms with Gasteiger partial charge in [0.1, 0.15) is 5.82 Å². The molecular formula is C18H12ClF2N5OS. The highest BCUT2D eigenvalue weighted by Gasteiger charge is 2.14. The van der Waals surface area contributed by atoms with Gasteiger partial charge in [0.05, 0.1) is 33.8 Å². The van der Waals surface area contributed by atoms with Gasteiger partial charge in [-0.1, -0.05) is 23.4 Å². The number of anilines is 2. The van der Waals surface area contributed by atoms with Crippen molar-refractivity contribution in [2.75, 3.05) is 17.6 Å². The monoisotopic (exact) mass is 419 g/mol. The van der Waals surface area contributed by atoms with Crippen LogP contribution < -0.4 is 15.2 Å². The van der Waals surface area contributed by atoms with Crippen molar-refractivity contribution in [1.82, 2.24) is 15.0 Å². The van der Waals surface area contributed by atoms with E-state index in [4.69, 9.17) is 22.1 Å². The Kier molecular flexibility index (Phi) is 6.13. The molecule has 3 rings (SSSR count). The number of rotatable bonds is 4. The maximum atomic E-state index is 14.7. The van der Waals surface area contributed by atoms with Crippen LogP contribution in [0, 0.1) is 23.5 Å². The summed E-state index contributed by atoms with van der Waals surface area (Å²) < 4.78 is 36.7. The quantitative estimate of drug-likeness (QED) is 0.489. The fourth-order valence-electron chi connectivity index (χ4n) is 2.03. The van der Waals surface area contributed by atoms with E-state index in [0.717, 1.165) is 18.0 Å². The van der Waals surface area contributed by atoms with Gasteiger partial charge in [-0.2, -0.15) is 0 Å². The van der Waals surface area contributed by atoms with Gasteiger partial charge < -0.3 is 15.2 Å². The first-order chi connectivity index (χ1) is 13.5. The van der Waals surface area contributed by atoms with Crippen molar-refractivity contribution in [3.63, 3.8) is 0 Å². The van der Waals surface area contributed by atoms with Crippen LogP contribution in [0.3, 0.4) is 0 Å². The lowest BCUT2D eigenvalue weighted by Crippen LogP contribution is -1.99. The lowest BCUT2D eigenvalue weighted by Gasteiger charge is -2.10. The Morgan fingerprint density at radius 2 is 1.89 bits per heavy atom. The summed E-state index contributed by atoms with van der Waals surface area (Å²) in [6, 6.07) is 3.98. The van der Waals surface area contributed by atoms with Crippen LogP contribution in [0.15, 0.2) is 41.7 Å². The molecule has 0 radical (unpaired) electrons. The maximum Gasteiger partial charge on any atom is 0.228 e. The maximum absolute atomic E-state index is 14.7. The summed E-state index contributed by atoms with van der Waals surface area (Å²) in [5.74, 6) is 3.82. The van der Waals surface area contributed by atoms with Crippen LogP contribution in [0.4, 0.5) is 20.4 Å². The van der Waals surface area contributed by atoms with Crippen LogP contribution in [-0.4, -0.2) is 22.1 Å². The summed E-state index contributed by atoms with van der Waals surface area (Å²) in [6.45, 7) is 0. The molecule has 2 heterocycles. The minimum Gasteiger partial charge on any atom is -0.480 e. The van der Waals surface area contributed by atoms with Gasteiger partial charge in [-0.05, 0) is 30.1 Å². The average Bonchev–Trinajstić information content (AvgIpc) is 2.69.